The molecular formula is C15H19FN2O4. The lowest BCUT2D eigenvalue weighted by Gasteiger charge is -2.09. The highest BCUT2D eigenvalue weighted by molar-refractivity contribution is 5.96. The van der Waals surface area contributed by atoms with Crippen molar-refractivity contribution in [2.45, 2.75) is 13.8 Å². The molecule has 0 fully saturated rings. The number of benzene rings is 1. The van der Waals surface area contributed by atoms with Crippen LogP contribution in [-0.4, -0.2) is 37.5 Å². The van der Waals surface area contributed by atoms with Crippen molar-refractivity contribution < 1.29 is 23.5 Å². The van der Waals surface area contributed by atoms with Gasteiger partial charge >= 0.3 is 5.97 Å². The van der Waals surface area contributed by atoms with Gasteiger partial charge in [0.1, 0.15) is 12.4 Å². The fourth-order valence-corrected chi connectivity index (χ4v) is 1.46. The molecule has 0 spiro atoms. The Hall–Kier alpha value is -2.44. The van der Waals surface area contributed by atoms with Gasteiger partial charge in [0.25, 0.3) is 11.8 Å². The van der Waals surface area contributed by atoms with Crippen molar-refractivity contribution in [3.63, 3.8) is 0 Å². The number of nitrogens with one attached hydrogen (secondary N) is 2. The fourth-order valence-electron chi connectivity index (χ4n) is 1.46. The van der Waals surface area contributed by atoms with Crippen molar-refractivity contribution in [1.29, 1.82) is 0 Å². The van der Waals surface area contributed by atoms with Crippen LogP contribution in [-0.2, 0) is 14.3 Å². The second-order valence-electron chi connectivity index (χ2n) is 5.02. The van der Waals surface area contributed by atoms with Gasteiger partial charge in [-0.1, -0.05) is 26.0 Å². The lowest BCUT2D eigenvalue weighted by atomic mass is 10.2. The molecule has 0 saturated heterocycles. The van der Waals surface area contributed by atoms with Crippen LogP contribution in [0, 0.1) is 11.7 Å². The number of amides is 2. The zero-order valence-corrected chi connectivity index (χ0v) is 12.5. The summed E-state index contributed by atoms with van der Waals surface area (Å²) in [6.45, 7) is 3.50. The van der Waals surface area contributed by atoms with E-state index in [2.05, 4.69) is 10.6 Å². The number of hydrogen-bond donors (Lipinski definition) is 2. The van der Waals surface area contributed by atoms with Crippen molar-refractivity contribution in [2.75, 3.05) is 19.7 Å². The number of carbonyl (C=O) groups excluding carboxylic acids is 3. The molecule has 22 heavy (non-hydrogen) atoms. The molecule has 1 rings (SSSR count). The van der Waals surface area contributed by atoms with Crippen LogP contribution < -0.4 is 10.6 Å². The summed E-state index contributed by atoms with van der Waals surface area (Å²) < 4.78 is 18.0. The first-order valence-corrected chi connectivity index (χ1v) is 6.85. The molecule has 0 saturated carbocycles. The molecule has 0 atom stereocenters. The Kier molecular flexibility index (Phi) is 7.01. The lowest BCUT2D eigenvalue weighted by Crippen LogP contribution is -2.35. The van der Waals surface area contributed by atoms with Crippen molar-refractivity contribution >= 4 is 17.8 Å². The van der Waals surface area contributed by atoms with Gasteiger partial charge in [-0.05, 0) is 18.1 Å². The molecule has 0 radical (unpaired) electrons. The molecule has 0 heterocycles. The second kappa shape index (κ2) is 8.76. The third-order valence-electron chi connectivity index (χ3n) is 2.58. The van der Waals surface area contributed by atoms with Gasteiger partial charge in [0, 0.05) is 6.54 Å². The van der Waals surface area contributed by atoms with Gasteiger partial charge in [0.15, 0.2) is 6.61 Å². The Bertz CT molecular complexity index is 546. The third kappa shape index (κ3) is 6.34. The van der Waals surface area contributed by atoms with Gasteiger partial charge in [0.2, 0.25) is 0 Å². The summed E-state index contributed by atoms with van der Waals surface area (Å²) in [5, 5.41) is 4.81. The van der Waals surface area contributed by atoms with E-state index < -0.39 is 36.8 Å². The van der Waals surface area contributed by atoms with Gasteiger partial charge in [-0.25, -0.2) is 4.39 Å². The van der Waals surface area contributed by atoms with Crippen LogP contribution in [0.1, 0.15) is 24.2 Å². The minimum Gasteiger partial charge on any atom is -0.454 e. The largest absolute Gasteiger partial charge is 0.454 e. The van der Waals surface area contributed by atoms with E-state index in [1.165, 1.54) is 18.2 Å². The maximum Gasteiger partial charge on any atom is 0.325 e. The van der Waals surface area contributed by atoms with E-state index in [0.29, 0.717) is 12.5 Å². The Morgan fingerprint density at radius 1 is 1.18 bits per heavy atom. The Morgan fingerprint density at radius 3 is 2.50 bits per heavy atom. The number of esters is 1. The maximum absolute atomic E-state index is 13.3. The summed E-state index contributed by atoms with van der Waals surface area (Å²) in [5.74, 6) is -2.30. The molecule has 7 heteroatoms. The van der Waals surface area contributed by atoms with E-state index in [9.17, 15) is 18.8 Å². The molecule has 6 nitrogen and oxygen atoms in total. The van der Waals surface area contributed by atoms with Gasteiger partial charge in [-0.3, -0.25) is 14.4 Å². The number of hydrogen-bond acceptors (Lipinski definition) is 4. The Labute approximate surface area is 128 Å². The van der Waals surface area contributed by atoms with E-state index in [1.54, 1.807) is 0 Å². The second-order valence-corrected chi connectivity index (χ2v) is 5.02. The van der Waals surface area contributed by atoms with Crippen molar-refractivity contribution in [1.82, 2.24) is 10.6 Å². The van der Waals surface area contributed by atoms with Crippen LogP contribution in [0.15, 0.2) is 24.3 Å². The summed E-state index contributed by atoms with van der Waals surface area (Å²) in [5.41, 5.74) is -0.162. The highest BCUT2D eigenvalue weighted by atomic mass is 19.1. The molecule has 1 aromatic rings. The van der Waals surface area contributed by atoms with E-state index >= 15 is 0 Å². The average molecular weight is 310 g/mol. The molecular weight excluding hydrogens is 291 g/mol. The van der Waals surface area contributed by atoms with E-state index in [-0.39, 0.29) is 5.56 Å². The summed E-state index contributed by atoms with van der Waals surface area (Å²) in [6, 6.07) is 5.41. The Balaban J connectivity index is 2.30. The summed E-state index contributed by atoms with van der Waals surface area (Å²) in [4.78, 5) is 34.4. The molecule has 0 aliphatic carbocycles. The molecule has 0 bridgehead atoms. The monoisotopic (exact) mass is 310 g/mol. The zero-order chi connectivity index (χ0) is 16.5. The Morgan fingerprint density at radius 2 is 1.86 bits per heavy atom. The van der Waals surface area contributed by atoms with Gasteiger partial charge in [-0.15, -0.1) is 0 Å². The molecule has 0 unspecified atom stereocenters. The normalized spacial score (nSPS) is 10.2. The van der Waals surface area contributed by atoms with E-state index in [0.717, 1.165) is 6.07 Å². The van der Waals surface area contributed by atoms with Gasteiger partial charge in [0.05, 0.1) is 5.56 Å². The predicted octanol–water partition coefficient (Wildman–Crippen LogP) is 0.871. The number of ether oxygens (including phenoxy) is 1. The topological polar surface area (TPSA) is 84.5 Å². The molecule has 2 amide bonds. The van der Waals surface area contributed by atoms with Crippen molar-refractivity contribution in [3.8, 4) is 0 Å². The number of halogens is 1. The standard InChI is InChI=1S/C15H19FN2O4/c1-10(2)7-17-13(19)9-22-14(20)8-18-15(21)11-5-3-4-6-12(11)16/h3-6,10H,7-9H2,1-2H3,(H,17,19)(H,18,21). The first-order valence-electron chi connectivity index (χ1n) is 6.85. The quantitative estimate of drug-likeness (QED) is 0.732. The summed E-state index contributed by atoms with van der Waals surface area (Å²) in [7, 11) is 0. The molecule has 2 N–H and O–H groups in total. The van der Waals surface area contributed by atoms with Crippen LogP contribution in [0.4, 0.5) is 4.39 Å². The van der Waals surface area contributed by atoms with Crippen LogP contribution >= 0.6 is 0 Å². The van der Waals surface area contributed by atoms with E-state index in [4.69, 9.17) is 4.74 Å². The minimum atomic E-state index is -0.774. The van der Waals surface area contributed by atoms with Gasteiger partial charge in [-0.2, -0.15) is 0 Å². The lowest BCUT2D eigenvalue weighted by molar-refractivity contribution is -0.147. The maximum atomic E-state index is 13.3. The van der Waals surface area contributed by atoms with Crippen LogP contribution in [0.3, 0.4) is 0 Å². The molecule has 0 aliphatic heterocycles. The fraction of sp³-hybridized carbons (Fsp3) is 0.400. The predicted molar refractivity (Wildman–Crippen MR) is 77.5 cm³/mol. The SMILES string of the molecule is CC(C)CNC(=O)COC(=O)CNC(=O)c1ccccc1F. The molecule has 1 aromatic carbocycles. The highest BCUT2D eigenvalue weighted by Crippen LogP contribution is 2.05. The van der Waals surface area contributed by atoms with Crippen LogP contribution in [0.5, 0.6) is 0 Å². The molecule has 0 aliphatic rings. The number of carbonyl (C=O) groups is 3. The van der Waals surface area contributed by atoms with Crippen molar-refractivity contribution in [3.05, 3.63) is 35.6 Å². The molecule has 120 valence electrons. The number of rotatable bonds is 7. The summed E-state index contributed by atoms with van der Waals surface area (Å²) in [6.07, 6.45) is 0. The van der Waals surface area contributed by atoms with Crippen LogP contribution in [0.25, 0.3) is 0 Å². The highest BCUT2D eigenvalue weighted by Gasteiger charge is 2.13. The summed E-state index contributed by atoms with van der Waals surface area (Å²) >= 11 is 0. The smallest absolute Gasteiger partial charge is 0.325 e. The minimum absolute atomic E-state index is 0.162. The van der Waals surface area contributed by atoms with Crippen LogP contribution in [0.2, 0.25) is 0 Å². The first-order chi connectivity index (χ1) is 10.4. The average Bonchev–Trinajstić information content (AvgIpc) is 2.48. The van der Waals surface area contributed by atoms with Gasteiger partial charge < -0.3 is 15.4 Å². The molecule has 0 aromatic heterocycles. The van der Waals surface area contributed by atoms with Crippen molar-refractivity contribution in [2.24, 2.45) is 5.92 Å². The first kappa shape index (κ1) is 17.6. The third-order valence-corrected chi connectivity index (χ3v) is 2.58. The van der Waals surface area contributed by atoms with E-state index in [1.807, 2.05) is 13.8 Å². The zero-order valence-electron chi connectivity index (χ0n) is 12.5.